The fourth-order valence-electron chi connectivity index (χ4n) is 1.92. The number of benzene rings is 1. The van der Waals surface area contributed by atoms with Crippen LogP contribution in [0.2, 0.25) is 0 Å². The lowest BCUT2D eigenvalue weighted by Crippen LogP contribution is -2.52. The van der Waals surface area contributed by atoms with Crippen molar-refractivity contribution >= 4 is 17.5 Å². The van der Waals surface area contributed by atoms with Crippen LogP contribution in [0.15, 0.2) is 24.3 Å². The van der Waals surface area contributed by atoms with Gasteiger partial charge in [-0.1, -0.05) is 18.2 Å². The SMILES string of the molecule is O=C1NCCN(c2ccccc2CCO)C1=O. The number of carbonyl (C=O) groups is 2. The Labute approximate surface area is 99.0 Å². The van der Waals surface area contributed by atoms with E-state index in [0.717, 1.165) is 5.56 Å². The van der Waals surface area contributed by atoms with Crippen molar-refractivity contribution in [2.75, 3.05) is 24.6 Å². The van der Waals surface area contributed by atoms with Gasteiger partial charge in [0.05, 0.1) is 0 Å². The fraction of sp³-hybridized carbons (Fsp3) is 0.333. The molecule has 0 unspecified atom stereocenters. The molecule has 0 aliphatic carbocycles. The summed E-state index contributed by atoms with van der Waals surface area (Å²) in [6, 6.07) is 7.31. The molecule has 0 spiro atoms. The second kappa shape index (κ2) is 4.97. The molecule has 17 heavy (non-hydrogen) atoms. The van der Waals surface area contributed by atoms with Gasteiger partial charge >= 0.3 is 11.8 Å². The Morgan fingerprint density at radius 3 is 2.82 bits per heavy atom. The quantitative estimate of drug-likeness (QED) is 0.704. The largest absolute Gasteiger partial charge is 0.396 e. The van der Waals surface area contributed by atoms with Gasteiger partial charge in [0.2, 0.25) is 0 Å². The second-order valence-electron chi connectivity index (χ2n) is 3.82. The average Bonchev–Trinajstić information content (AvgIpc) is 2.34. The highest BCUT2D eigenvalue weighted by Gasteiger charge is 2.28. The van der Waals surface area contributed by atoms with Crippen LogP contribution in [-0.2, 0) is 16.0 Å². The summed E-state index contributed by atoms with van der Waals surface area (Å²) in [5, 5.41) is 11.5. The van der Waals surface area contributed by atoms with Gasteiger partial charge in [-0.05, 0) is 18.1 Å². The van der Waals surface area contributed by atoms with E-state index >= 15 is 0 Å². The number of rotatable bonds is 3. The van der Waals surface area contributed by atoms with Crippen LogP contribution < -0.4 is 10.2 Å². The molecular weight excluding hydrogens is 220 g/mol. The fourth-order valence-corrected chi connectivity index (χ4v) is 1.92. The minimum absolute atomic E-state index is 0.0191. The van der Waals surface area contributed by atoms with Crippen molar-refractivity contribution in [2.45, 2.75) is 6.42 Å². The predicted octanol–water partition coefficient (Wildman–Crippen LogP) is -0.316. The summed E-state index contributed by atoms with van der Waals surface area (Å²) in [6.07, 6.45) is 0.474. The van der Waals surface area contributed by atoms with Crippen molar-refractivity contribution in [3.63, 3.8) is 0 Å². The van der Waals surface area contributed by atoms with E-state index in [1.165, 1.54) is 4.90 Å². The molecule has 1 saturated heterocycles. The van der Waals surface area contributed by atoms with Crippen LogP contribution in [-0.4, -0.2) is 36.6 Å². The summed E-state index contributed by atoms with van der Waals surface area (Å²) in [5.74, 6) is -1.11. The van der Waals surface area contributed by atoms with Gasteiger partial charge in [0.25, 0.3) is 0 Å². The predicted molar refractivity (Wildman–Crippen MR) is 62.6 cm³/mol. The van der Waals surface area contributed by atoms with Gasteiger partial charge in [0.1, 0.15) is 0 Å². The molecule has 0 atom stereocenters. The van der Waals surface area contributed by atoms with E-state index < -0.39 is 11.8 Å². The highest BCUT2D eigenvalue weighted by molar-refractivity contribution is 6.41. The zero-order valence-corrected chi connectivity index (χ0v) is 9.35. The minimum Gasteiger partial charge on any atom is -0.396 e. The number of aliphatic hydroxyl groups is 1. The van der Waals surface area contributed by atoms with Crippen LogP contribution in [0.1, 0.15) is 5.56 Å². The molecule has 1 heterocycles. The number of nitrogens with one attached hydrogen (secondary N) is 1. The van der Waals surface area contributed by atoms with Gasteiger partial charge in [0, 0.05) is 25.4 Å². The van der Waals surface area contributed by atoms with E-state index in [9.17, 15) is 9.59 Å². The molecule has 1 aromatic rings. The number of amides is 2. The van der Waals surface area contributed by atoms with Crippen LogP contribution >= 0.6 is 0 Å². The number of hydrogen-bond acceptors (Lipinski definition) is 3. The normalized spacial score (nSPS) is 15.9. The smallest absolute Gasteiger partial charge is 0.316 e. The van der Waals surface area contributed by atoms with E-state index in [4.69, 9.17) is 5.11 Å². The molecule has 0 saturated carbocycles. The van der Waals surface area contributed by atoms with Crippen molar-refractivity contribution in [3.8, 4) is 0 Å². The van der Waals surface area contributed by atoms with Crippen LogP contribution in [0, 0.1) is 0 Å². The van der Waals surface area contributed by atoms with Crippen molar-refractivity contribution < 1.29 is 14.7 Å². The molecule has 1 fully saturated rings. The summed E-state index contributed by atoms with van der Waals surface area (Å²) in [5.41, 5.74) is 1.58. The van der Waals surface area contributed by atoms with Crippen LogP contribution in [0.4, 0.5) is 5.69 Å². The third kappa shape index (κ3) is 2.29. The lowest BCUT2D eigenvalue weighted by atomic mass is 10.1. The van der Waals surface area contributed by atoms with Crippen molar-refractivity contribution in [2.24, 2.45) is 0 Å². The summed E-state index contributed by atoms with van der Waals surface area (Å²) in [6.45, 7) is 0.941. The lowest BCUT2D eigenvalue weighted by Gasteiger charge is -2.28. The Kier molecular flexibility index (Phi) is 3.39. The zero-order valence-electron chi connectivity index (χ0n) is 9.35. The van der Waals surface area contributed by atoms with Crippen LogP contribution in [0.3, 0.4) is 0 Å². The molecule has 2 rings (SSSR count). The van der Waals surface area contributed by atoms with Crippen LogP contribution in [0.25, 0.3) is 0 Å². The van der Waals surface area contributed by atoms with Crippen LogP contribution in [0.5, 0.6) is 0 Å². The number of carbonyl (C=O) groups excluding carboxylic acids is 2. The van der Waals surface area contributed by atoms with E-state index in [-0.39, 0.29) is 6.61 Å². The first-order valence-electron chi connectivity index (χ1n) is 5.52. The molecular formula is C12H14N2O3. The Morgan fingerprint density at radius 2 is 2.06 bits per heavy atom. The van der Waals surface area contributed by atoms with E-state index in [2.05, 4.69) is 5.32 Å². The number of piperazine rings is 1. The molecule has 1 aliphatic heterocycles. The third-order valence-electron chi connectivity index (χ3n) is 2.72. The molecule has 2 amide bonds. The van der Waals surface area contributed by atoms with Gasteiger partial charge in [-0.2, -0.15) is 0 Å². The molecule has 5 heteroatoms. The summed E-state index contributed by atoms with van der Waals surface area (Å²) in [4.78, 5) is 24.5. The standard InChI is InChI=1S/C12H14N2O3/c15-8-5-9-3-1-2-4-10(9)14-7-6-13-11(16)12(14)17/h1-4,15H,5-8H2,(H,13,16). The second-order valence-corrected chi connectivity index (χ2v) is 3.82. The van der Waals surface area contributed by atoms with E-state index in [1.54, 1.807) is 6.07 Å². The number of para-hydroxylation sites is 1. The summed E-state index contributed by atoms with van der Waals surface area (Å²) < 4.78 is 0. The number of anilines is 1. The summed E-state index contributed by atoms with van der Waals surface area (Å²) in [7, 11) is 0. The number of nitrogens with zero attached hydrogens (tertiary/aromatic N) is 1. The topological polar surface area (TPSA) is 69.6 Å². The molecule has 90 valence electrons. The third-order valence-corrected chi connectivity index (χ3v) is 2.72. The van der Waals surface area contributed by atoms with Gasteiger partial charge in [-0.3, -0.25) is 9.59 Å². The van der Waals surface area contributed by atoms with Gasteiger partial charge < -0.3 is 15.3 Å². The highest BCUT2D eigenvalue weighted by Crippen LogP contribution is 2.21. The minimum atomic E-state index is -0.574. The van der Waals surface area contributed by atoms with Crippen molar-refractivity contribution in [3.05, 3.63) is 29.8 Å². The van der Waals surface area contributed by atoms with Crippen molar-refractivity contribution in [1.82, 2.24) is 5.32 Å². The number of hydrogen-bond donors (Lipinski definition) is 2. The first kappa shape index (κ1) is 11.6. The lowest BCUT2D eigenvalue weighted by molar-refractivity contribution is -0.138. The summed E-state index contributed by atoms with van der Waals surface area (Å²) >= 11 is 0. The zero-order chi connectivity index (χ0) is 12.3. The monoisotopic (exact) mass is 234 g/mol. The first-order chi connectivity index (χ1) is 8.24. The molecule has 0 bridgehead atoms. The Balaban J connectivity index is 2.32. The molecule has 1 aromatic carbocycles. The molecule has 5 nitrogen and oxygen atoms in total. The molecule has 0 radical (unpaired) electrons. The Bertz CT molecular complexity index is 445. The Hall–Kier alpha value is -1.88. The van der Waals surface area contributed by atoms with Gasteiger partial charge in [-0.15, -0.1) is 0 Å². The highest BCUT2D eigenvalue weighted by atomic mass is 16.3. The van der Waals surface area contributed by atoms with Crippen molar-refractivity contribution in [1.29, 1.82) is 0 Å². The van der Waals surface area contributed by atoms with E-state index in [0.29, 0.717) is 25.2 Å². The molecule has 0 aromatic heterocycles. The molecule has 1 aliphatic rings. The van der Waals surface area contributed by atoms with Gasteiger partial charge in [-0.25, -0.2) is 0 Å². The maximum atomic E-state index is 11.7. The Morgan fingerprint density at radius 1 is 1.29 bits per heavy atom. The first-order valence-corrected chi connectivity index (χ1v) is 5.52. The van der Waals surface area contributed by atoms with E-state index in [1.807, 2.05) is 18.2 Å². The molecule has 2 N–H and O–H groups in total. The maximum absolute atomic E-state index is 11.7. The average molecular weight is 234 g/mol. The number of aliphatic hydroxyl groups excluding tert-OH is 1. The van der Waals surface area contributed by atoms with Gasteiger partial charge in [0.15, 0.2) is 0 Å². The maximum Gasteiger partial charge on any atom is 0.316 e.